The van der Waals surface area contributed by atoms with Crippen molar-refractivity contribution in [2.75, 3.05) is 39.9 Å². The van der Waals surface area contributed by atoms with Gasteiger partial charge in [-0.15, -0.1) is 0 Å². The number of carbonyl (C=O) groups excluding carboxylic acids is 1. The van der Waals surface area contributed by atoms with Crippen molar-refractivity contribution in [3.63, 3.8) is 0 Å². The summed E-state index contributed by atoms with van der Waals surface area (Å²) in [6, 6.07) is 0. The molecule has 2 rings (SSSR count). The molecule has 0 aliphatic carbocycles. The Morgan fingerprint density at radius 3 is 3.00 bits per heavy atom. The maximum Gasteiger partial charge on any atom is 0.222 e. The summed E-state index contributed by atoms with van der Waals surface area (Å²) in [6.45, 7) is 4.69. The van der Waals surface area contributed by atoms with Crippen LogP contribution >= 0.6 is 0 Å². The molecule has 1 amide bonds. The number of hydrogen-bond acceptors (Lipinski definition) is 3. The second-order valence-corrected chi connectivity index (χ2v) is 5.01. The predicted octanol–water partition coefficient (Wildman–Crippen LogP) is 0.481. The summed E-state index contributed by atoms with van der Waals surface area (Å²) in [6.07, 6.45) is 2.98. The molecule has 2 unspecified atom stereocenters. The number of likely N-dealkylation sites (tertiary alicyclic amines) is 1. The number of carbonyl (C=O) groups is 1. The third-order valence-corrected chi connectivity index (χ3v) is 3.67. The monoisotopic (exact) mass is 226 g/mol. The lowest BCUT2D eigenvalue weighted by molar-refractivity contribution is -0.131. The van der Waals surface area contributed by atoms with Crippen LogP contribution in [0, 0.1) is 11.8 Å². The molecule has 0 aromatic heterocycles. The van der Waals surface area contributed by atoms with Crippen molar-refractivity contribution >= 4 is 5.91 Å². The van der Waals surface area contributed by atoms with E-state index >= 15 is 0 Å². The third kappa shape index (κ3) is 2.95. The first-order chi connectivity index (χ1) is 7.79. The number of rotatable bonds is 4. The van der Waals surface area contributed by atoms with Crippen LogP contribution < -0.4 is 5.32 Å². The molecule has 2 saturated heterocycles. The van der Waals surface area contributed by atoms with E-state index in [0.29, 0.717) is 17.7 Å². The molecule has 2 fully saturated rings. The highest BCUT2D eigenvalue weighted by atomic mass is 16.5. The third-order valence-electron chi connectivity index (χ3n) is 3.67. The topological polar surface area (TPSA) is 41.6 Å². The standard InChI is InChI=1S/C12H22N2O2/c1-16-9-11-3-5-14(8-11)12(15)6-10-2-4-13-7-10/h10-11,13H,2-9H2,1H3. The Balaban J connectivity index is 1.73. The highest BCUT2D eigenvalue weighted by molar-refractivity contribution is 5.76. The van der Waals surface area contributed by atoms with Crippen LogP contribution in [0.1, 0.15) is 19.3 Å². The van der Waals surface area contributed by atoms with Crippen molar-refractivity contribution < 1.29 is 9.53 Å². The Bertz CT molecular complexity index is 239. The van der Waals surface area contributed by atoms with Crippen LogP contribution in [-0.4, -0.2) is 50.7 Å². The van der Waals surface area contributed by atoms with E-state index < -0.39 is 0 Å². The lowest BCUT2D eigenvalue weighted by Crippen LogP contribution is -2.31. The molecule has 2 aliphatic rings. The minimum absolute atomic E-state index is 0.340. The Hall–Kier alpha value is -0.610. The number of nitrogens with one attached hydrogen (secondary N) is 1. The predicted molar refractivity (Wildman–Crippen MR) is 62.2 cm³/mol. The van der Waals surface area contributed by atoms with Gasteiger partial charge in [0.05, 0.1) is 6.61 Å². The van der Waals surface area contributed by atoms with Gasteiger partial charge in [0.15, 0.2) is 0 Å². The van der Waals surface area contributed by atoms with Crippen LogP contribution in [0.2, 0.25) is 0 Å². The molecular formula is C12H22N2O2. The average Bonchev–Trinajstić information content (AvgIpc) is 2.89. The van der Waals surface area contributed by atoms with Crippen LogP contribution in [0.25, 0.3) is 0 Å². The summed E-state index contributed by atoms with van der Waals surface area (Å²) in [4.78, 5) is 14.0. The van der Waals surface area contributed by atoms with Crippen LogP contribution in [0.3, 0.4) is 0 Å². The lowest BCUT2D eigenvalue weighted by atomic mass is 10.0. The first-order valence-corrected chi connectivity index (χ1v) is 6.27. The zero-order chi connectivity index (χ0) is 11.4. The summed E-state index contributed by atoms with van der Waals surface area (Å²) in [5, 5.41) is 3.31. The van der Waals surface area contributed by atoms with Gasteiger partial charge in [0.1, 0.15) is 0 Å². The highest BCUT2D eigenvalue weighted by Crippen LogP contribution is 2.20. The van der Waals surface area contributed by atoms with Gasteiger partial charge in [-0.05, 0) is 31.8 Å². The molecule has 2 atom stereocenters. The fraction of sp³-hybridized carbons (Fsp3) is 0.917. The van der Waals surface area contributed by atoms with Crippen LogP contribution in [-0.2, 0) is 9.53 Å². The maximum absolute atomic E-state index is 12.0. The highest BCUT2D eigenvalue weighted by Gasteiger charge is 2.28. The maximum atomic E-state index is 12.0. The van der Waals surface area contributed by atoms with Gasteiger partial charge in [0.25, 0.3) is 0 Å². The molecular weight excluding hydrogens is 204 g/mol. The van der Waals surface area contributed by atoms with Crippen molar-refractivity contribution in [3.8, 4) is 0 Å². The summed E-state index contributed by atoms with van der Waals surface area (Å²) in [5.41, 5.74) is 0. The van der Waals surface area contributed by atoms with E-state index in [-0.39, 0.29) is 0 Å². The molecule has 92 valence electrons. The lowest BCUT2D eigenvalue weighted by Gasteiger charge is -2.18. The van der Waals surface area contributed by atoms with E-state index in [2.05, 4.69) is 5.32 Å². The van der Waals surface area contributed by atoms with Crippen LogP contribution in [0.15, 0.2) is 0 Å². The van der Waals surface area contributed by atoms with E-state index in [9.17, 15) is 4.79 Å². The van der Waals surface area contributed by atoms with E-state index in [1.165, 1.54) is 0 Å². The second kappa shape index (κ2) is 5.64. The summed E-state index contributed by atoms with van der Waals surface area (Å²) >= 11 is 0. The molecule has 2 aliphatic heterocycles. The minimum atomic E-state index is 0.340. The summed E-state index contributed by atoms with van der Waals surface area (Å²) < 4.78 is 5.14. The van der Waals surface area contributed by atoms with E-state index in [1.54, 1.807) is 7.11 Å². The van der Waals surface area contributed by atoms with Crippen molar-refractivity contribution in [1.29, 1.82) is 0 Å². The van der Waals surface area contributed by atoms with Gasteiger partial charge >= 0.3 is 0 Å². The fourth-order valence-corrected chi connectivity index (χ4v) is 2.70. The Morgan fingerprint density at radius 2 is 2.31 bits per heavy atom. The quantitative estimate of drug-likeness (QED) is 0.758. The first-order valence-electron chi connectivity index (χ1n) is 6.27. The van der Waals surface area contributed by atoms with Gasteiger partial charge in [0, 0.05) is 32.5 Å². The fourth-order valence-electron chi connectivity index (χ4n) is 2.70. The Morgan fingerprint density at radius 1 is 1.44 bits per heavy atom. The van der Waals surface area contributed by atoms with E-state index in [4.69, 9.17) is 4.74 Å². The molecule has 0 aromatic rings. The number of nitrogens with zero attached hydrogens (tertiary/aromatic N) is 1. The molecule has 16 heavy (non-hydrogen) atoms. The minimum Gasteiger partial charge on any atom is -0.384 e. The van der Waals surface area contributed by atoms with Crippen molar-refractivity contribution in [1.82, 2.24) is 10.2 Å². The normalized spacial score (nSPS) is 29.9. The van der Waals surface area contributed by atoms with Crippen LogP contribution in [0.5, 0.6) is 0 Å². The van der Waals surface area contributed by atoms with Crippen molar-refractivity contribution in [3.05, 3.63) is 0 Å². The molecule has 0 aromatic carbocycles. The van der Waals surface area contributed by atoms with Gasteiger partial charge in [0.2, 0.25) is 5.91 Å². The number of ether oxygens (including phenoxy) is 1. The summed E-state index contributed by atoms with van der Waals surface area (Å²) in [7, 11) is 1.73. The molecule has 0 radical (unpaired) electrons. The smallest absolute Gasteiger partial charge is 0.222 e. The van der Waals surface area contributed by atoms with E-state index in [1.807, 2.05) is 4.90 Å². The van der Waals surface area contributed by atoms with Crippen LogP contribution in [0.4, 0.5) is 0 Å². The Labute approximate surface area is 97.3 Å². The average molecular weight is 226 g/mol. The van der Waals surface area contributed by atoms with Gasteiger partial charge in [-0.3, -0.25) is 4.79 Å². The molecule has 2 heterocycles. The zero-order valence-corrected chi connectivity index (χ0v) is 10.1. The summed E-state index contributed by atoms with van der Waals surface area (Å²) in [5.74, 6) is 1.46. The van der Waals surface area contributed by atoms with Crippen molar-refractivity contribution in [2.45, 2.75) is 19.3 Å². The van der Waals surface area contributed by atoms with Gasteiger partial charge < -0.3 is 15.0 Å². The van der Waals surface area contributed by atoms with Gasteiger partial charge in [-0.25, -0.2) is 0 Å². The molecule has 4 nitrogen and oxygen atoms in total. The second-order valence-electron chi connectivity index (χ2n) is 5.01. The number of amides is 1. The van der Waals surface area contributed by atoms with E-state index in [0.717, 1.165) is 52.0 Å². The number of methoxy groups -OCH3 is 1. The first kappa shape index (κ1) is 11.9. The number of hydrogen-bond donors (Lipinski definition) is 1. The van der Waals surface area contributed by atoms with Gasteiger partial charge in [-0.1, -0.05) is 0 Å². The molecule has 4 heteroatoms. The Kier molecular flexibility index (Phi) is 4.18. The van der Waals surface area contributed by atoms with Gasteiger partial charge in [-0.2, -0.15) is 0 Å². The molecule has 0 spiro atoms. The molecule has 1 N–H and O–H groups in total. The molecule has 0 saturated carbocycles. The van der Waals surface area contributed by atoms with Crippen molar-refractivity contribution in [2.24, 2.45) is 11.8 Å². The molecule has 0 bridgehead atoms. The zero-order valence-electron chi connectivity index (χ0n) is 10.1. The SMILES string of the molecule is COCC1CCN(C(=O)CC2CCNC2)C1. The largest absolute Gasteiger partial charge is 0.384 e.